The fourth-order valence-corrected chi connectivity index (χ4v) is 2.38. The lowest BCUT2D eigenvalue weighted by molar-refractivity contribution is 0.0952. The van der Waals surface area contributed by atoms with Crippen molar-refractivity contribution in [1.29, 1.82) is 0 Å². The largest absolute Gasteiger partial charge is 0.489 e. The van der Waals surface area contributed by atoms with Gasteiger partial charge in [-0.25, -0.2) is 0 Å². The van der Waals surface area contributed by atoms with Gasteiger partial charge in [0.15, 0.2) is 0 Å². The molecule has 1 aromatic heterocycles. The Morgan fingerprint density at radius 3 is 2.54 bits per heavy atom. The minimum absolute atomic E-state index is 0.0453. The Hall–Kier alpha value is -2.30. The number of aromatic nitrogens is 1. The van der Waals surface area contributed by atoms with Gasteiger partial charge >= 0.3 is 0 Å². The third-order valence-electron chi connectivity index (χ3n) is 3.92. The van der Waals surface area contributed by atoms with Crippen molar-refractivity contribution < 1.29 is 14.1 Å². The molecule has 0 spiro atoms. The van der Waals surface area contributed by atoms with Crippen LogP contribution in [0.3, 0.4) is 0 Å². The van der Waals surface area contributed by atoms with Crippen LogP contribution in [0.5, 0.6) is 5.75 Å². The molecule has 1 aromatic carbocycles. The van der Waals surface area contributed by atoms with Crippen molar-refractivity contribution in [3.05, 3.63) is 46.8 Å². The maximum absolute atomic E-state index is 12.1. The number of ether oxygens (including phenoxy) is 1. The van der Waals surface area contributed by atoms with Gasteiger partial charge in [0.05, 0.1) is 11.3 Å². The Morgan fingerprint density at radius 2 is 1.96 bits per heavy atom. The van der Waals surface area contributed by atoms with E-state index in [-0.39, 0.29) is 5.91 Å². The van der Waals surface area contributed by atoms with Crippen LogP contribution in [-0.4, -0.2) is 17.6 Å². The highest BCUT2D eigenvalue weighted by atomic mass is 16.5. The predicted molar refractivity (Wildman–Crippen MR) is 93.2 cm³/mol. The number of rotatable bonds is 8. The van der Waals surface area contributed by atoms with E-state index in [1.54, 1.807) is 24.3 Å². The summed E-state index contributed by atoms with van der Waals surface area (Å²) < 4.78 is 10.9. The fraction of sp³-hybridized carbons (Fsp3) is 0.474. The van der Waals surface area contributed by atoms with E-state index < -0.39 is 0 Å². The highest BCUT2D eigenvalue weighted by Gasteiger charge is 2.10. The molecule has 0 unspecified atom stereocenters. The van der Waals surface area contributed by atoms with Gasteiger partial charge in [-0.3, -0.25) is 4.79 Å². The predicted octanol–water partition coefficient (Wildman–Crippen LogP) is 4.04. The number of amides is 1. The molecule has 0 radical (unpaired) electrons. The number of aryl methyl sites for hydroxylation is 2. The first-order valence-electron chi connectivity index (χ1n) is 8.40. The minimum Gasteiger partial charge on any atom is -0.489 e. The standard InChI is InChI=1S/C19H26N2O3/c1-13(2)6-5-11-20-19(22)16-7-9-17(10-8-16)23-12-18-14(3)21-24-15(18)4/h7-10,13H,5-6,11-12H2,1-4H3,(H,20,22). The molecular formula is C19H26N2O3. The van der Waals surface area contributed by atoms with Crippen molar-refractivity contribution in [2.75, 3.05) is 6.54 Å². The van der Waals surface area contributed by atoms with Crippen LogP contribution >= 0.6 is 0 Å². The molecule has 0 saturated heterocycles. The SMILES string of the molecule is Cc1noc(C)c1COc1ccc(C(=O)NCCCC(C)C)cc1. The van der Waals surface area contributed by atoms with E-state index >= 15 is 0 Å². The lowest BCUT2D eigenvalue weighted by atomic mass is 10.1. The van der Waals surface area contributed by atoms with Gasteiger partial charge in [0.1, 0.15) is 18.1 Å². The van der Waals surface area contributed by atoms with E-state index in [9.17, 15) is 4.79 Å². The highest BCUT2D eigenvalue weighted by molar-refractivity contribution is 5.94. The second kappa shape index (κ2) is 8.52. The average Bonchev–Trinajstić information content (AvgIpc) is 2.88. The number of hydrogen-bond donors (Lipinski definition) is 1. The van der Waals surface area contributed by atoms with E-state index in [1.165, 1.54) is 0 Å². The molecule has 1 amide bonds. The van der Waals surface area contributed by atoms with Crippen molar-refractivity contribution >= 4 is 5.91 Å². The van der Waals surface area contributed by atoms with Crippen LogP contribution in [0, 0.1) is 19.8 Å². The molecule has 0 aliphatic rings. The van der Waals surface area contributed by atoms with Gasteiger partial charge in [0.25, 0.3) is 5.91 Å². The van der Waals surface area contributed by atoms with E-state index in [4.69, 9.17) is 9.26 Å². The first-order chi connectivity index (χ1) is 11.5. The summed E-state index contributed by atoms with van der Waals surface area (Å²) in [6.07, 6.45) is 2.12. The van der Waals surface area contributed by atoms with Crippen LogP contribution in [0.4, 0.5) is 0 Å². The van der Waals surface area contributed by atoms with Gasteiger partial charge in [0.2, 0.25) is 0 Å². The van der Waals surface area contributed by atoms with Crippen molar-refractivity contribution in [1.82, 2.24) is 10.5 Å². The molecule has 24 heavy (non-hydrogen) atoms. The van der Waals surface area contributed by atoms with Gasteiger partial charge in [-0.2, -0.15) is 0 Å². The minimum atomic E-state index is -0.0453. The van der Waals surface area contributed by atoms with Gasteiger partial charge in [-0.05, 0) is 56.9 Å². The Kier molecular flexibility index (Phi) is 6.41. The zero-order chi connectivity index (χ0) is 17.5. The topological polar surface area (TPSA) is 64.4 Å². The summed E-state index contributed by atoms with van der Waals surface area (Å²) in [5, 5.41) is 6.85. The molecule has 0 saturated carbocycles. The van der Waals surface area contributed by atoms with Crippen LogP contribution in [0.25, 0.3) is 0 Å². The first-order valence-corrected chi connectivity index (χ1v) is 8.40. The number of nitrogens with zero attached hydrogens (tertiary/aromatic N) is 1. The van der Waals surface area contributed by atoms with Crippen LogP contribution in [-0.2, 0) is 6.61 Å². The molecule has 5 nitrogen and oxygen atoms in total. The van der Waals surface area contributed by atoms with E-state index in [1.807, 2.05) is 13.8 Å². The Balaban J connectivity index is 1.83. The van der Waals surface area contributed by atoms with Gasteiger partial charge in [0, 0.05) is 12.1 Å². The maximum Gasteiger partial charge on any atom is 0.251 e. The number of hydrogen-bond acceptors (Lipinski definition) is 4. The Morgan fingerprint density at radius 1 is 1.25 bits per heavy atom. The third kappa shape index (κ3) is 5.11. The zero-order valence-electron chi connectivity index (χ0n) is 14.9. The van der Waals surface area contributed by atoms with Crippen LogP contribution in [0.15, 0.2) is 28.8 Å². The van der Waals surface area contributed by atoms with Crippen LogP contribution in [0.2, 0.25) is 0 Å². The molecule has 0 atom stereocenters. The zero-order valence-corrected chi connectivity index (χ0v) is 14.9. The monoisotopic (exact) mass is 330 g/mol. The highest BCUT2D eigenvalue weighted by Crippen LogP contribution is 2.18. The maximum atomic E-state index is 12.1. The molecule has 2 aromatic rings. The van der Waals surface area contributed by atoms with Crippen molar-refractivity contribution in [3.8, 4) is 5.75 Å². The second-order valence-electron chi connectivity index (χ2n) is 6.41. The molecule has 130 valence electrons. The summed E-state index contributed by atoms with van der Waals surface area (Å²) in [6.45, 7) is 9.24. The summed E-state index contributed by atoms with van der Waals surface area (Å²) >= 11 is 0. The van der Waals surface area contributed by atoms with Crippen molar-refractivity contribution in [2.45, 2.75) is 47.1 Å². The summed E-state index contributed by atoms with van der Waals surface area (Å²) in [4.78, 5) is 12.1. The van der Waals surface area contributed by atoms with Crippen molar-refractivity contribution in [3.63, 3.8) is 0 Å². The quantitative estimate of drug-likeness (QED) is 0.742. The van der Waals surface area contributed by atoms with Gasteiger partial charge in [-0.1, -0.05) is 19.0 Å². The van der Waals surface area contributed by atoms with Crippen LogP contribution < -0.4 is 10.1 Å². The molecular weight excluding hydrogens is 304 g/mol. The second-order valence-corrected chi connectivity index (χ2v) is 6.41. The average molecular weight is 330 g/mol. The Bertz CT molecular complexity index is 640. The van der Waals surface area contributed by atoms with Crippen LogP contribution in [0.1, 0.15) is 54.1 Å². The normalized spacial score (nSPS) is 10.9. The van der Waals surface area contributed by atoms with E-state index in [0.29, 0.717) is 30.4 Å². The molecule has 0 aliphatic carbocycles. The number of benzene rings is 1. The molecule has 0 bridgehead atoms. The lowest BCUT2D eigenvalue weighted by Crippen LogP contribution is -2.24. The Labute approximate surface area is 143 Å². The molecule has 2 rings (SSSR count). The van der Waals surface area contributed by atoms with Gasteiger partial charge < -0.3 is 14.6 Å². The van der Waals surface area contributed by atoms with Gasteiger partial charge in [-0.15, -0.1) is 0 Å². The van der Waals surface area contributed by atoms with E-state index in [0.717, 1.165) is 29.9 Å². The summed E-state index contributed by atoms with van der Waals surface area (Å²) in [6, 6.07) is 7.17. The first kappa shape index (κ1) is 18.0. The molecule has 5 heteroatoms. The van der Waals surface area contributed by atoms with E-state index in [2.05, 4.69) is 24.3 Å². The van der Waals surface area contributed by atoms with Crippen molar-refractivity contribution in [2.24, 2.45) is 5.92 Å². The summed E-state index contributed by atoms with van der Waals surface area (Å²) in [7, 11) is 0. The summed E-state index contributed by atoms with van der Waals surface area (Å²) in [5.74, 6) is 2.10. The number of carbonyl (C=O) groups is 1. The number of nitrogens with one attached hydrogen (secondary N) is 1. The molecule has 0 fully saturated rings. The number of carbonyl (C=O) groups excluding carboxylic acids is 1. The third-order valence-corrected chi connectivity index (χ3v) is 3.92. The molecule has 1 N–H and O–H groups in total. The molecule has 0 aliphatic heterocycles. The lowest BCUT2D eigenvalue weighted by Gasteiger charge is -2.08. The fourth-order valence-electron chi connectivity index (χ4n) is 2.38. The smallest absolute Gasteiger partial charge is 0.251 e. The summed E-state index contributed by atoms with van der Waals surface area (Å²) in [5.41, 5.74) is 2.44. The molecule has 1 heterocycles.